The molecule has 0 atom stereocenters. The van der Waals surface area contributed by atoms with Gasteiger partial charge in [-0.3, -0.25) is 9.59 Å². The van der Waals surface area contributed by atoms with Gasteiger partial charge in [0.05, 0.1) is 5.41 Å². The molecule has 0 aromatic rings. The highest BCUT2D eigenvalue weighted by molar-refractivity contribution is 5.85. The molecule has 108 valence electrons. The van der Waals surface area contributed by atoms with Crippen molar-refractivity contribution in [1.29, 1.82) is 0 Å². The minimum Gasteiger partial charge on any atom is -0.481 e. The molecule has 0 heterocycles. The third-order valence-electron chi connectivity index (χ3n) is 4.83. The molecule has 4 heteroatoms. The van der Waals surface area contributed by atoms with Gasteiger partial charge in [0.1, 0.15) is 0 Å². The van der Waals surface area contributed by atoms with Crippen LogP contribution in [0.1, 0.15) is 64.2 Å². The van der Waals surface area contributed by atoms with Gasteiger partial charge in [-0.05, 0) is 31.6 Å². The Morgan fingerprint density at radius 1 is 1.05 bits per heavy atom. The number of rotatable bonds is 5. The summed E-state index contributed by atoms with van der Waals surface area (Å²) in [6, 6.07) is 0. The van der Waals surface area contributed by atoms with Crippen LogP contribution in [0, 0.1) is 11.3 Å². The summed E-state index contributed by atoms with van der Waals surface area (Å²) in [6.45, 7) is 0.731. The summed E-state index contributed by atoms with van der Waals surface area (Å²) < 4.78 is 0. The maximum atomic E-state index is 12.0. The van der Waals surface area contributed by atoms with Gasteiger partial charge in [0, 0.05) is 13.0 Å². The van der Waals surface area contributed by atoms with E-state index in [4.69, 9.17) is 0 Å². The molecule has 0 unspecified atom stereocenters. The summed E-state index contributed by atoms with van der Waals surface area (Å²) in [4.78, 5) is 23.6. The second kappa shape index (κ2) is 6.40. The first-order chi connectivity index (χ1) is 9.12. The first kappa shape index (κ1) is 14.4. The van der Waals surface area contributed by atoms with Crippen molar-refractivity contribution < 1.29 is 14.7 Å². The van der Waals surface area contributed by atoms with Crippen molar-refractivity contribution in [2.45, 2.75) is 64.2 Å². The van der Waals surface area contributed by atoms with E-state index in [-0.39, 0.29) is 12.3 Å². The maximum Gasteiger partial charge on any atom is 0.310 e. The third-order valence-corrected chi connectivity index (χ3v) is 4.83. The molecular weight excluding hydrogens is 242 g/mol. The van der Waals surface area contributed by atoms with Crippen LogP contribution in [-0.4, -0.2) is 23.5 Å². The van der Waals surface area contributed by atoms with Crippen molar-refractivity contribution >= 4 is 11.9 Å². The molecule has 0 saturated heterocycles. The van der Waals surface area contributed by atoms with E-state index in [2.05, 4.69) is 5.32 Å². The van der Waals surface area contributed by atoms with E-state index in [9.17, 15) is 14.7 Å². The number of hydrogen-bond acceptors (Lipinski definition) is 2. The van der Waals surface area contributed by atoms with E-state index in [0.29, 0.717) is 18.8 Å². The lowest BCUT2D eigenvalue weighted by molar-refractivity contribution is -0.152. The molecule has 2 rings (SSSR count). The van der Waals surface area contributed by atoms with E-state index in [1.165, 1.54) is 19.3 Å². The molecule has 0 bridgehead atoms. The zero-order valence-electron chi connectivity index (χ0n) is 11.6. The largest absolute Gasteiger partial charge is 0.481 e. The number of aliphatic carboxylic acids is 1. The molecule has 2 aliphatic rings. The summed E-state index contributed by atoms with van der Waals surface area (Å²) >= 11 is 0. The van der Waals surface area contributed by atoms with Crippen LogP contribution >= 0.6 is 0 Å². The average molecular weight is 267 g/mol. The van der Waals surface area contributed by atoms with Crippen LogP contribution in [0.5, 0.6) is 0 Å². The Labute approximate surface area is 115 Å². The normalized spacial score (nSPS) is 23.2. The van der Waals surface area contributed by atoms with Gasteiger partial charge >= 0.3 is 5.97 Å². The van der Waals surface area contributed by atoms with Crippen LogP contribution in [0.25, 0.3) is 0 Å². The van der Waals surface area contributed by atoms with E-state index in [1.54, 1.807) is 0 Å². The lowest BCUT2D eigenvalue weighted by Crippen LogP contribution is -2.39. The van der Waals surface area contributed by atoms with Crippen LogP contribution < -0.4 is 5.32 Å². The van der Waals surface area contributed by atoms with Crippen molar-refractivity contribution in [3.8, 4) is 0 Å². The SMILES string of the molecule is O=C(CC1(C(=O)O)CCCCCC1)NCC1CCC1. The quantitative estimate of drug-likeness (QED) is 0.753. The van der Waals surface area contributed by atoms with Gasteiger partial charge in [-0.2, -0.15) is 0 Å². The molecule has 2 fully saturated rings. The minimum absolute atomic E-state index is 0.0730. The van der Waals surface area contributed by atoms with Gasteiger partial charge in [0.25, 0.3) is 0 Å². The van der Waals surface area contributed by atoms with E-state index >= 15 is 0 Å². The molecule has 2 aliphatic carbocycles. The summed E-state index contributed by atoms with van der Waals surface area (Å²) in [7, 11) is 0. The number of carboxylic acid groups (broad SMARTS) is 1. The highest BCUT2D eigenvalue weighted by Crippen LogP contribution is 2.38. The Bertz CT molecular complexity index is 328. The number of hydrogen-bond donors (Lipinski definition) is 2. The highest BCUT2D eigenvalue weighted by atomic mass is 16.4. The van der Waals surface area contributed by atoms with Gasteiger partial charge in [-0.15, -0.1) is 0 Å². The van der Waals surface area contributed by atoms with Crippen molar-refractivity contribution in [2.75, 3.05) is 6.54 Å². The number of carbonyl (C=O) groups excluding carboxylic acids is 1. The molecular formula is C15H25NO3. The predicted molar refractivity (Wildman–Crippen MR) is 72.7 cm³/mol. The van der Waals surface area contributed by atoms with E-state index in [1.807, 2.05) is 0 Å². The summed E-state index contributed by atoms with van der Waals surface area (Å²) in [5.41, 5.74) is -0.805. The zero-order valence-corrected chi connectivity index (χ0v) is 11.6. The van der Waals surface area contributed by atoms with Gasteiger partial charge in [0.2, 0.25) is 5.91 Å². The Morgan fingerprint density at radius 2 is 1.68 bits per heavy atom. The molecule has 4 nitrogen and oxygen atoms in total. The van der Waals surface area contributed by atoms with Gasteiger partial charge < -0.3 is 10.4 Å². The predicted octanol–water partition coefficient (Wildman–Crippen LogP) is 2.72. The summed E-state index contributed by atoms with van der Waals surface area (Å²) in [6.07, 6.45) is 9.18. The standard InChI is InChI=1S/C15H25NO3/c17-13(16-11-12-6-5-7-12)10-15(14(18)19)8-3-1-2-4-9-15/h12H,1-11H2,(H,16,17)(H,18,19). The van der Waals surface area contributed by atoms with Crippen molar-refractivity contribution in [3.05, 3.63) is 0 Å². The smallest absolute Gasteiger partial charge is 0.310 e. The Kier molecular flexibility index (Phi) is 4.83. The van der Waals surface area contributed by atoms with Crippen LogP contribution in [0.3, 0.4) is 0 Å². The topological polar surface area (TPSA) is 66.4 Å². The second-order valence-corrected chi connectivity index (χ2v) is 6.28. The Hall–Kier alpha value is -1.06. The Balaban J connectivity index is 1.87. The lowest BCUT2D eigenvalue weighted by Gasteiger charge is -2.29. The third kappa shape index (κ3) is 3.71. The lowest BCUT2D eigenvalue weighted by atomic mass is 9.77. The van der Waals surface area contributed by atoms with Crippen molar-refractivity contribution in [2.24, 2.45) is 11.3 Å². The fourth-order valence-corrected chi connectivity index (χ4v) is 3.20. The molecule has 0 aromatic carbocycles. The molecule has 1 amide bonds. The molecule has 2 saturated carbocycles. The summed E-state index contributed by atoms with van der Waals surface area (Å²) in [5.74, 6) is -0.233. The molecule has 19 heavy (non-hydrogen) atoms. The maximum absolute atomic E-state index is 12.0. The highest BCUT2D eigenvalue weighted by Gasteiger charge is 2.40. The fourth-order valence-electron chi connectivity index (χ4n) is 3.20. The van der Waals surface area contributed by atoms with Crippen LogP contribution in [0.2, 0.25) is 0 Å². The van der Waals surface area contributed by atoms with Gasteiger partial charge in [-0.1, -0.05) is 32.1 Å². The molecule has 0 spiro atoms. The minimum atomic E-state index is -0.805. The van der Waals surface area contributed by atoms with Crippen LogP contribution in [-0.2, 0) is 9.59 Å². The number of amides is 1. The monoisotopic (exact) mass is 267 g/mol. The molecule has 0 aromatic heterocycles. The second-order valence-electron chi connectivity index (χ2n) is 6.28. The number of nitrogens with one attached hydrogen (secondary N) is 1. The number of carboxylic acids is 1. The van der Waals surface area contributed by atoms with Crippen LogP contribution in [0.4, 0.5) is 0 Å². The number of carbonyl (C=O) groups is 2. The molecule has 0 radical (unpaired) electrons. The van der Waals surface area contributed by atoms with Crippen molar-refractivity contribution in [3.63, 3.8) is 0 Å². The van der Waals surface area contributed by atoms with E-state index < -0.39 is 11.4 Å². The van der Waals surface area contributed by atoms with Crippen LogP contribution in [0.15, 0.2) is 0 Å². The zero-order chi connectivity index (χ0) is 13.7. The van der Waals surface area contributed by atoms with Crippen molar-refractivity contribution in [1.82, 2.24) is 5.32 Å². The average Bonchev–Trinajstić information content (AvgIpc) is 2.53. The first-order valence-electron chi connectivity index (χ1n) is 7.62. The molecule has 2 N–H and O–H groups in total. The van der Waals surface area contributed by atoms with E-state index in [0.717, 1.165) is 32.2 Å². The Morgan fingerprint density at radius 3 is 2.16 bits per heavy atom. The first-order valence-corrected chi connectivity index (χ1v) is 7.62. The fraction of sp³-hybridized carbons (Fsp3) is 0.867. The van der Waals surface area contributed by atoms with Gasteiger partial charge in [0.15, 0.2) is 0 Å². The molecule has 0 aliphatic heterocycles. The van der Waals surface area contributed by atoms with Gasteiger partial charge in [-0.25, -0.2) is 0 Å². The summed E-state index contributed by atoms with van der Waals surface area (Å²) in [5, 5.41) is 12.4.